The van der Waals surface area contributed by atoms with Gasteiger partial charge in [-0.05, 0) is 30.8 Å². The van der Waals surface area contributed by atoms with Crippen LogP contribution in [0.1, 0.15) is 6.92 Å². The molecule has 5 heteroatoms. The van der Waals surface area contributed by atoms with Gasteiger partial charge in [-0.2, -0.15) is 0 Å². The fourth-order valence-corrected chi connectivity index (χ4v) is 3.51. The Morgan fingerprint density at radius 3 is 2.74 bits per heavy atom. The molecule has 1 N–H and O–H groups in total. The van der Waals surface area contributed by atoms with E-state index in [-0.39, 0.29) is 5.56 Å². The molecule has 0 amide bonds. The van der Waals surface area contributed by atoms with Crippen molar-refractivity contribution in [3.8, 4) is 10.4 Å². The van der Waals surface area contributed by atoms with E-state index in [9.17, 15) is 4.79 Å². The summed E-state index contributed by atoms with van der Waals surface area (Å²) in [4.78, 5) is 17.4. The Labute approximate surface area is 119 Å². The van der Waals surface area contributed by atoms with Gasteiger partial charge in [-0.25, -0.2) is 0 Å². The third-order valence-corrected chi connectivity index (χ3v) is 4.47. The molecule has 0 saturated carbocycles. The smallest absolute Gasteiger partial charge is 0.263 e. The van der Waals surface area contributed by atoms with Crippen molar-refractivity contribution in [2.45, 2.75) is 13.5 Å². The van der Waals surface area contributed by atoms with Gasteiger partial charge in [0.15, 0.2) is 4.77 Å². The summed E-state index contributed by atoms with van der Waals surface area (Å²) < 4.78 is 2.07. The Bertz CT molecular complexity index is 843. The summed E-state index contributed by atoms with van der Waals surface area (Å²) in [5.41, 5.74) is 1.10. The number of thiophene rings is 1. The van der Waals surface area contributed by atoms with Gasteiger partial charge in [0.25, 0.3) is 5.56 Å². The number of hydrogen-bond donors (Lipinski definition) is 1. The van der Waals surface area contributed by atoms with Crippen LogP contribution in [0.3, 0.4) is 0 Å². The lowest BCUT2D eigenvalue weighted by Gasteiger charge is -2.00. The predicted molar refractivity (Wildman–Crippen MR) is 82.4 cm³/mol. The molecule has 2 heterocycles. The molecule has 3 nitrogen and oxygen atoms in total. The van der Waals surface area contributed by atoms with Crippen LogP contribution in [0.15, 0.2) is 41.2 Å². The first-order valence-corrected chi connectivity index (χ1v) is 7.25. The van der Waals surface area contributed by atoms with Crippen molar-refractivity contribution in [2.24, 2.45) is 0 Å². The van der Waals surface area contributed by atoms with Crippen LogP contribution in [0.4, 0.5) is 0 Å². The molecule has 0 aliphatic heterocycles. The summed E-state index contributed by atoms with van der Waals surface area (Å²) in [6.07, 6.45) is 0. The summed E-state index contributed by atoms with van der Waals surface area (Å²) in [5.74, 6) is 0. The Morgan fingerprint density at radius 1 is 1.32 bits per heavy atom. The van der Waals surface area contributed by atoms with Crippen molar-refractivity contribution in [3.63, 3.8) is 0 Å². The molecular formula is C14H12N2OS2. The van der Waals surface area contributed by atoms with Gasteiger partial charge in [0.2, 0.25) is 0 Å². The maximum absolute atomic E-state index is 12.3. The molecular weight excluding hydrogens is 276 g/mol. The van der Waals surface area contributed by atoms with Crippen LogP contribution in [-0.2, 0) is 6.54 Å². The molecule has 3 aromatic rings. The van der Waals surface area contributed by atoms with Crippen LogP contribution in [0, 0.1) is 4.77 Å². The lowest BCUT2D eigenvalue weighted by Crippen LogP contribution is -2.20. The molecule has 3 rings (SSSR count). The summed E-state index contributed by atoms with van der Waals surface area (Å²) >= 11 is 6.77. The molecule has 96 valence electrons. The van der Waals surface area contributed by atoms with E-state index in [0.717, 1.165) is 15.3 Å². The first kappa shape index (κ1) is 12.3. The van der Waals surface area contributed by atoms with Gasteiger partial charge in [0, 0.05) is 11.4 Å². The Hall–Kier alpha value is -1.72. The minimum atomic E-state index is -0.0142. The Kier molecular flexibility index (Phi) is 3.08. The van der Waals surface area contributed by atoms with E-state index in [0.29, 0.717) is 16.7 Å². The van der Waals surface area contributed by atoms with E-state index in [4.69, 9.17) is 12.2 Å². The second-order valence-corrected chi connectivity index (χ2v) is 5.64. The average Bonchev–Trinajstić information content (AvgIpc) is 2.84. The maximum Gasteiger partial charge on any atom is 0.263 e. The fourth-order valence-electron chi connectivity index (χ4n) is 2.08. The largest absolute Gasteiger partial charge is 0.323 e. The number of fused-ring (bicyclic) bond motifs is 1. The number of nitrogens with zero attached hydrogens (tertiary/aromatic N) is 1. The monoisotopic (exact) mass is 288 g/mol. The molecule has 0 radical (unpaired) electrons. The number of aromatic nitrogens is 2. The third kappa shape index (κ3) is 2.05. The van der Waals surface area contributed by atoms with Crippen LogP contribution < -0.4 is 5.56 Å². The second-order valence-electron chi connectivity index (χ2n) is 4.20. The number of benzene rings is 1. The molecule has 0 spiro atoms. The Morgan fingerprint density at radius 2 is 2.05 bits per heavy atom. The highest BCUT2D eigenvalue weighted by atomic mass is 32.1. The van der Waals surface area contributed by atoms with Crippen LogP contribution in [0.5, 0.6) is 0 Å². The number of H-pyrrole nitrogens is 1. The predicted octanol–water partition coefficient (Wildman–Crippen LogP) is 3.81. The molecule has 0 bridgehead atoms. The third-order valence-electron chi connectivity index (χ3n) is 3.05. The highest BCUT2D eigenvalue weighted by Crippen LogP contribution is 2.30. The lowest BCUT2D eigenvalue weighted by molar-refractivity contribution is 0.705. The molecule has 0 fully saturated rings. The zero-order valence-corrected chi connectivity index (χ0v) is 12.0. The highest BCUT2D eigenvalue weighted by Gasteiger charge is 2.09. The second kappa shape index (κ2) is 4.75. The van der Waals surface area contributed by atoms with Gasteiger partial charge in [-0.1, -0.05) is 30.3 Å². The van der Waals surface area contributed by atoms with Gasteiger partial charge < -0.3 is 4.98 Å². The molecule has 0 aliphatic carbocycles. The van der Waals surface area contributed by atoms with Crippen LogP contribution in [0.2, 0.25) is 0 Å². The normalized spacial score (nSPS) is 11.0. The van der Waals surface area contributed by atoms with Crippen LogP contribution in [-0.4, -0.2) is 9.55 Å². The van der Waals surface area contributed by atoms with E-state index in [1.54, 1.807) is 15.9 Å². The van der Waals surface area contributed by atoms with E-state index >= 15 is 0 Å². The van der Waals surface area contributed by atoms with Crippen molar-refractivity contribution in [1.29, 1.82) is 0 Å². The van der Waals surface area contributed by atoms with Gasteiger partial charge in [0.05, 0.1) is 5.39 Å². The molecule has 2 aromatic heterocycles. The molecule has 0 atom stereocenters. The SMILES string of the molecule is CCn1c(=S)[nH]c2sc(-c3ccccc3)cc2c1=O. The first-order chi connectivity index (χ1) is 9.20. The standard InChI is InChI=1S/C14H12N2OS2/c1-2-16-13(17)10-8-11(9-6-4-3-5-7-9)19-12(10)15-14(16)18/h3-8H,2H2,1H3,(H,15,18). The summed E-state index contributed by atoms with van der Waals surface area (Å²) in [6, 6.07) is 12.0. The quantitative estimate of drug-likeness (QED) is 0.728. The number of aromatic amines is 1. The van der Waals surface area contributed by atoms with Gasteiger partial charge in [-0.15, -0.1) is 11.3 Å². The maximum atomic E-state index is 12.3. The van der Waals surface area contributed by atoms with E-state index in [1.165, 1.54) is 0 Å². The summed E-state index contributed by atoms with van der Waals surface area (Å²) in [5, 5.41) is 0.708. The molecule has 0 saturated heterocycles. The minimum absolute atomic E-state index is 0.0142. The van der Waals surface area contributed by atoms with Gasteiger partial charge in [-0.3, -0.25) is 9.36 Å². The molecule has 0 unspecified atom stereocenters. The number of hydrogen-bond acceptors (Lipinski definition) is 3. The van der Waals surface area contributed by atoms with Crippen molar-refractivity contribution in [1.82, 2.24) is 9.55 Å². The Balaban J connectivity index is 2.31. The average molecular weight is 288 g/mol. The lowest BCUT2D eigenvalue weighted by atomic mass is 10.2. The first-order valence-electron chi connectivity index (χ1n) is 6.03. The van der Waals surface area contributed by atoms with Crippen LogP contribution in [0.25, 0.3) is 20.7 Å². The van der Waals surface area contributed by atoms with Crippen molar-refractivity contribution in [2.75, 3.05) is 0 Å². The van der Waals surface area contributed by atoms with E-state index < -0.39 is 0 Å². The highest BCUT2D eigenvalue weighted by molar-refractivity contribution is 7.71. The van der Waals surface area contributed by atoms with Gasteiger partial charge >= 0.3 is 0 Å². The van der Waals surface area contributed by atoms with Crippen LogP contribution >= 0.6 is 23.6 Å². The van der Waals surface area contributed by atoms with E-state index in [2.05, 4.69) is 4.98 Å². The van der Waals surface area contributed by atoms with Crippen molar-refractivity contribution >= 4 is 33.8 Å². The topological polar surface area (TPSA) is 37.8 Å². The number of rotatable bonds is 2. The summed E-state index contributed by atoms with van der Waals surface area (Å²) in [7, 11) is 0. The number of nitrogens with one attached hydrogen (secondary N) is 1. The van der Waals surface area contributed by atoms with Crippen molar-refractivity contribution < 1.29 is 0 Å². The van der Waals surface area contributed by atoms with Crippen molar-refractivity contribution in [3.05, 3.63) is 51.5 Å². The zero-order valence-electron chi connectivity index (χ0n) is 10.3. The van der Waals surface area contributed by atoms with E-state index in [1.807, 2.05) is 43.3 Å². The molecule has 0 aliphatic rings. The molecule has 19 heavy (non-hydrogen) atoms. The minimum Gasteiger partial charge on any atom is -0.323 e. The van der Waals surface area contributed by atoms with Gasteiger partial charge in [0.1, 0.15) is 4.83 Å². The summed E-state index contributed by atoms with van der Waals surface area (Å²) in [6.45, 7) is 2.50. The zero-order chi connectivity index (χ0) is 13.4. The molecule has 1 aromatic carbocycles. The fraction of sp³-hybridized carbons (Fsp3) is 0.143.